The molecule has 0 saturated heterocycles. The second kappa shape index (κ2) is 12.1. The number of fused-ring (bicyclic) bond motifs is 3. The molecule has 228 valence electrons. The molecule has 0 spiro atoms. The van der Waals surface area contributed by atoms with E-state index in [-0.39, 0.29) is 30.2 Å². The number of nitrogens with one attached hydrogen (secondary N) is 1. The number of esters is 1. The van der Waals surface area contributed by atoms with Crippen LogP contribution in [0.5, 0.6) is 23.0 Å². The van der Waals surface area contributed by atoms with Crippen molar-refractivity contribution < 1.29 is 43.5 Å². The predicted molar refractivity (Wildman–Crippen MR) is 156 cm³/mol. The molecule has 3 aromatic rings. The van der Waals surface area contributed by atoms with E-state index in [9.17, 15) is 19.8 Å². The van der Waals surface area contributed by atoms with Crippen molar-refractivity contribution in [3.8, 4) is 23.0 Å². The SMILES string of the molecule is COc1ccc([C@@]23Oc4cc(OC)cc(OC)c4[C@]2(O)[C@H](OC(C)=O)[C@H](C(=O)NCCCCO)[C@H]3c2ccccc2)cc1. The molecule has 1 amide bonds. The molecule has 0 radical (unpaired) electrons. The number of hydrogen-bond donors (Lipinski definition) is 3. The summed E-state index contributed by atoms with van der Waals surface area (Å²) in [5.74, 6) is -1.49. The van der Waals surface area contributed by atoms with Crippen LogP contribution in [0.3, 0.4) is 0 Å². The van der Waals surface area contributed by atoms with Crippen LogP contribution in [0.25, 0.3) is 0 Å². The standard InChI is InChI=1S/C33H37NO9/c1-20(36)42-30-27(31(37)34-16-8-9-17-35)28(21-10-6-5-7-11-21)33(22-12-14-23(39-2)15-13-22)32(30,38)29-25(41-4)18-24(40-3)19-26(29)43-33/h5-7,10-15,18-19,27-28,30,35,38H,8-9,16-17H2,1-4H3,(H,34,37)/t27-,28-,30-,32+,33+/m1/s1. The van der Waals surface area contributed by atoms with Gasteiger partial charge in [-0.3, -0.25) is 9.59 Å². The molecular formula is C33H37NO9. The molecule has 10 heteroatoms. The number of carbonyl (C=O) groups is 2. The van der Waals surface area contributed by atoms with Crippen molar-refractivity contribution in [2.24, 2.45) is 5.92 Å². The summed E-state index contributed by atoms with van der Waals surface area (Å²) in [7, 11) is 4.52. The largest absolute Gasteiger partial charge is 0.497 e. The summed E-state index contributed by atoms with van der Waals surface area (Å²) < 4.78 is 29.6. The minimum atomic E-state index is -2.10. The minimum Gasteiger partial charge on any atom is -0.497 e. The second-order valence-electron chi connectivity index (χ2n) is 10.7. The van der Waals surface area contributed by atoms with Gasteiger partial charge in [-0.05, 0) is 36.1 Å². The number of ether oxygens (including phenoxy) is 5. The van der Waals surface area contributed by atoms with Gasteiger partial charge in [-0.15, -0.1) is 0 Å². The summed E-state index contributed by atoms with van der Waals surface area (Å²) in [6, 6.07) is 19.6. The van der Waals surface area contributed by atoms with E-state index in [1.54, 1.807) is 43.5 Å². The molecule has 1 aliphatic heterocycles. The maximum absolute atomic E-state index is 14.2. The lowest BCUT2D eigenvalue weighted by molar-refractivity contribution is -0.183. The van der Waals surface area contributed by atoms with Crippen molar-refractivity contribution >= 4 is 11.9 Å². The second-order valence-corrected chi connectivity index (χ2v) is 10.7. The molecule has 1 saturated carbocycles. The molecule has 10 nitrogen and oxygen atoms in total. The van der Waals surface area contributed by atoms with E-state index >= 15 is 0 Å². The molecule has 1 heterocycles. The smallest absolute Gasteiger partial charge is 0.303 e. The first-order valence-electron chi connectivity index (χ1n) is 14.2. The summed E-state index contributed by atoms with van der Waals surface area (Å²) in [6.07, 6.45) is -0.335. The number of aliphatic hydroxyl groups is 2. The quantitative estimate of drug-likeness (QED) is 0.227. The molecule has 1 aliphatic carbocycles. The fourth-order valence-electron chi connectivity index (χ4n) is 6.67. The van der Waals surface area contributed by atoms with Gasteiger partial charge in [0.15, 0.2) is 17.3 Å². The molecule has 5 atom stereocenters. The Hall–Kier alpha value is -4.28. The highest BCUT2D eigenvalue weighted by atomic mass is 16.6. The van der Waals surface area contributed by atoms with Gasteiger partial charge in [-0.2, -0.15) is 0 Å². The summed E-state index contributed by atoms with van der Waals surface area (Å²) in [6.45, 7) is 1.53. The van der Waals surface area contributed by atoms with Crippen LogP contribution in [0.4, 0.5) is 0 Å². The van der Waals surface area contributed by atoms with Crippen molar-refractivity contribution in [1.29, 1.82) is 0 Å². The number of unbranched alkanes of at least 4 members (excludes halogenated alkanes) is 1. The Bertz CT molecular complexity index is 1460. The number of benzene rings is 3. The summed E-state index contributed by atoms with van der Waals surface area (Å²) in [5.41, 5.74) is -2.30. The molecular weight excluding hydrogens is 554 g/mol. The van der Waals surface area contributed by atoms with E-state index in [4.69, 9.17) is 23.7 Å². The number of rotatable bonds is 11. The van der Waals surface area contributed by atoms with Crippen LogP contribution in [0, 0.1) is 5.92 Å². The average molecular weight is 592 g/mol. The van der Waals surface area contributed by atoms with E-state index in [0.29, 0.717) is 35.5 Å². The van der Waals surface area contributed by atoms with Crippen LogP contribution in [-0.4, -0.2) is 62.7 Å². The Morgan fingerprint density at radius 3 is 2.23 bits per heavy atom. The Balaban J connectivity index is 1.84. The molecule has 2 aliphatic rings. The molecule has 3 N–H and O–H groups in total. The van der Waals surface area contributed by atoms with Crippen molar-refractivity contribution in [2.45, 2.75) is 43.0 Å². The third kappa shape index (κ3) is 4.84. The Kier molecular flexibility index (Phi) is 8.52. The number of carbonyl (C=O) groups excluding carboxylic acids is 2. The third-order valence-electron chi connectivity index (χ3n) is 8.41. The van der Waals surface area contributed by atoms with Gasteiger partial charge in [0.25, 0.3) is 0 Å². The molecule has 3 aromatic carbocycles. The summed E-state index contributed by atoms with van der Waals surface area (Å²) in [4.78, 5) is 26.9. The molecule has 0 bridgehead atoms. The van der Waals surface area contributed by atoms with Gasteiger partial charge in [0, 0.05) is 38.1 Å². The summed E-state index contributed by atoms with van der Waals surface area (Å²) >= 11 is 0. The highest BCUT2D eigenvalue weighted by molar-refractivity contribution is 5.84. The highest BCUT2D eigenvalue weighted by Gasteiger charge is 2.79. The molecule has 1 fully saturated rings. The Morgan fingerprint density at radius 2 is 1.63 bits per heavy atom. The van der Waals surface area contributed by atoms with Gasteiger partial charge in [0.2, 0.25) is 5.91 Å². The van der Waals surface area contributed by atoms with Crippen LogP contribution >= 0.6 is 0 Å². The van der Waals surface area contributed by atoms with E-state index in [2.05, 4.69) is 5.32 Å². The van der Waals surface area contributed by atoms with Gasteiger partial charge < -0.3 is 39.2 Å². The van der Waals surface area contributed by atoms with Gasteiger partial charge in [-0.25, -0.2) is 0 Å². The van der Waals surface area contributed by atoms with E-state index in [1.807, 2.05) is 30.3 Å². The normalized spacial score (nSPS) is 25.2. The van der Waals surface area contributed by atoms with Crippen LogP contribution < -0.4 is 24.3 Å². The number of hydrogen-bond acceptors (Lipinski definition) is 9. The first-order valence-corrected chi connectivity index (χ1v) is 14.2. The molecule has 5 rings (SSSR count). The van der Waals surface area contributed by atoms with Crippen molar-refractivity contribution in [3.05, 3.63) is 83.4 Å². The molecule has 0 aromatic heterocycles. The van der Waals surface area contributed by atoms with E-state index < -0.39 is 41.0 Å². The zero-order valence-corrected chi connectivity index (χ0v) is 24.7. The zero-order chi connectivity index (χ0) is 30.8. The van der Waals surface area contributed by atoms with E-state index in [1.165, 1.54) is 21.1 Å². The maximum Gasteiger partial charge on any atom is 0.303 e. The lowest BCUT2D eigenvalue weighted by Gasteiger charge is -2.41. The fraction of sp³-hybridized carbons (Fsp3) is 0.394. The first-order chi connectivity index (χ1) is 20.8. The van der Waals surface area contributed by atoms with Gasteiger partial charge in [0.05, 0.1) is 32.8 Å². The highest BCUT2D eigenvalue weighted by Crippen LogP contribution is 2.71. The number of amides is 1. The Labute approximate surface area is 250 Å². The van der Waals surface area contributed by atoms with Gasteiger partial charge in [-0.1, -0.05) is 42.5 Å². The Morgan fingerprint density at radius 1 is 0.930 bits per heavy atom. The van der Waals surface area contributed by atoms with Crippen molar-refractivity contribution in [3.63, 3.8) is 0 Å². The number of aliphatic hydroxyl groups excluding tert-OH is 1. The predicted octanol–water partition coefficient (Wildman–Crippen LogP) is 3.42. The van der Waals surface area contributed by atoms with Crippen LogP contribution in [-0.2, 0) is 25.5 Å². The molecule has 43 heavy (non-hydrogen) atoms. The lowest BCUT2D eigenvalue weighted by Crippen LogP contribution is -2.53. The minimum absolute atomic E-state index is 0.00375. The van der Waals surface area contributed by atoms with Crippen LogP contribution in [0.15, 0.2) is 66.7 Å². The average Bonchev–Trinajstić information content (AvgIpc) is 3.41. The topological polar surface area (TPSA) is 133 Å². The summed E-state index contributed by atoms with van der Waals surface area (Å²) in [5, 5.41) is 25.5. The van der Waals surface area contributed by atoms with Crippen LogP contribution in [0.1, 0.15) is 42.4 Å². The number of methoxy groups -OCH3 is 3. The van der Waals surface area contributed by atoms with Crippen molar-refractivity contribution in [2.75, 3.05) is 34.5 Å². The lowest BCUT2D eigenvalue weighted by atomic mass is 9.70. The van der Waals surface area contributed by atoms with Crippen molar-refractivity contribution in [1.82, 2.24) is 5.32 Å². The third-order valence-corrected chi connectivity index (χ3v) is 8.41. The first kappa shape index (κ1) is 30.2. The maximum atomic E-state index is 14.2. The van der Waals surface area contributed by atoms with Gasteiger partial charge >= 0.3 is 5.97 Å². The van der Waals surface area contributed by atoms with E-state index in [0.717, 1.165) is 0 Å². The van der Waals surface area contributed by atoms with Crippen LogP contribution in [0.2, 0.25) is 0 Å². The zero-order valence-electron chi connectivity index (χ0n) is 24.7. The monoisotopic (exact) mass is 591 g/mol. The fourth-order valence-corrected chi connectivity index (χ4v) is 6.67. The molecule has 0 unspecified atom stereocenters. The van der Waals surface area contributed by atoms with Gasteiger partial charge in [0.1, 0.15) is 23.0 Å².